The summed E-state index contributed by atoms with van der Waals surface area (Å²) in [6, 6.07) is 9.13. The van der Waals surface area contributed by atoms with Crippen LogP contribution >= 0.6 is 0 Å². The lowest BCUT2D eigenvalue weighted by Crippen LogP contribution is -2.25. The fourth-order valence-corrected chi connectivity index (χ4v) is 1.20. The molecule has 0 bridgehead atoms. The summed E-state index contributed by atoms with van der Waals surface area (Å²) in [5, 5.41) is 0. The van der Waals surface area contributed by atoms with Crippen molar-refractivity contribution >= 4 is 6.16 Å². The highest BCUT2D eigenvalue weighted by Gasteiger charge is 2.21. The van der Waals surface area contributed by atoms with E-state index >= 15 is 0 Å². The quantitative estimate of drug-likeness (QED) is 0.579. The Bertz CT molecular complexity index is 409. The lowest BCUT2D eigenvalue weighted by Gasteiger charge is -2.20. The van der Waals surface area contributed by atoms with E-state index in [9.17, 15) is 4.79 Å². The van der Waals surface area contributed by atoms with E-state index < -0.39 is 17.9 Å². The molecule has 0 aliphatic rings. The molecular weight excluding hydrogens is 216 g/mol. The molecule has 0 fully saturated rings. The standard InChI is InChI=1S/C14H16O3/c1-5-12(11-9-7-6-8-10-11)16-13(15)17-14(2,3)4/h1,6-10,12H,2-4H3/t12-/m1/s1. The van der Waals surface area contributed by atoms with Crippen molar-refractivity contribution in [2.75, 3.05) is 0 Å². The molecule has 1 aromatic rings. The molecule has 0 radical (unpaired) electrons. The van der Waals surface area contributed by atoms with Gasteiger partial charge in [0, 0.05) is 5.56 Å². The van der Waals surface area contributed by atoms with E-state index in [0.717, 1.165) is 5.56 Å². The smallest absolute Gasteiger partial charge is 0.429 e. The van der Waals surface area contributed by atoms with Crippen LogP contribution in [0.2, 0.25) is 0 Å². The van der Waals surface area contributed by atoms with Crippen molar-refractivity contribution in [2.24, 2.45) is 0 Å². The van der Waals surface area contributed by atoms with Crippen LogP contribution in [-0.2, 0) is 9.47 Å². The Morgan fingerprint density at radius 3 is 2.35 bits per heavy atom. The summed E-state index contributed by atoms with van der Waals surface area (Å²) in [5.74, 6) is 2.41. The number of carbonyl (C=O) groups excluding carboxylic acids is 1. The van der Waals surface area contributed by atoms with Crippen molar-refractivity contribution in [1.29, 1.82) is 0 Å². The van der Waals surface area contributed by atoms with Gasteiger partial charge in [0.25, 0.3) is 0 Å². The van der Waals surface area contributed by atoms with Gasteiger partial charge in [0.2, 0.25) is 0 Å². The Hall–Kier alpha value is -1.95. The van der Waals surface area contributed by atoms with E-state index in [0.29, 0.717) is 0 Å². The minimum Gasteiger partial charge on any atom is -0.429 e. The van der Waals surface area contributed by atoms with E-state index in [-0.39, 0.29) is 0 Å². The number of benzene rings is 1. The van der Waals surface area contributed by atoms with Crippen LogP contribution in [0.5, 0.6) is 0 Å². The average molecular weight is 232 g/mol. The third-order valence-electron chi connectivity index (χ3n) is 1.86. The summed E-state index contributed by atoms with van der Waals surface area (Å²) < 4.78 is 10.1. The molecule has 0 aliphatic heterocycles. The highest BCUT2D eigenvalue weighted by molar-refractivity contribution is 5.61. The monoisotopic (exact) mass is 232 g/mol. The summed E-state index contributed by atoms with van der Waals surface area (Å²) >= 11 is 0. The third-order valence-corrected chi connectivity index (χ3v) is 1.86. The molecule has 0 aliphatic carbocycles. The van der Waals surface area contributed by atoms with E-state index in [1.54, 1.807) is 32.9 Å². The second-order valence-electron chi connectivity index (χ2n) is 4.54. The van der Waals surface area contributed by atoms with Crippen molar-refractivity contribution in [1.82, 2.24) is 0 Å². The summed E-state index contributed by atoms with van der Waals surface area (Å²) in [6.45, 7) is 5.30. The molecule has 0 N–H and O–H groups in total. The van der Waals surface area contributed by atoms with Crippen molar-refractivity contribution in [3.8, 4) is 12.3 Å². The normalized spacial score (nSPS) is 12.4. The van der Waals surface area contributed by atoms with Crippen LogP contribution in [0, 0.1) is 12.3 Å². The maximum atomic E-state index is 11.5. The first-order valence-electron chi connectivity index (χ1n) is 5.33. The SMILES string of the molecule is C#C[C@@H](OC(=O)OC(C)(C)C)c1ccccc1. The first kappa shape index (κ1) is 13.1. The van der Waals surface area contributed by atoms with Crippen LogP contribution in [0.3, 0.4) is 0 Å². The van der Waals surface area contributed by atoms with E-state index in [2.05, 4.69) is 5.92 Å². The molecule has 3 heteroatoms. The van der Waals surface area contributed by atoms with Crippen molar-refractivity contribution in [3.05, 3.63) is 35.9 Å². The van der Waals surface area contributed by atoms with Gasteiger partial charge in [-0.2, -0.15) is 0 Å². The van der Waals surface area contributed by atoms with Gasteiger partial charge in [-0.25, -0.2) is 4.79 Å². The molecule has 1 rings (SSSR count). The summed E-state index contributed by atoms with van der Waals surface area (Å²) in [4.78, 5) is 11.5. The third kappa shape index (κ3) is 4.60. The highest BCUT2D eigenvalue weighted by Crippen LogP contribution is 2.18. The van der Waals surface area contributed by atoms with Crippen molar-refractivity contribution < 1.29 is 14.3 Å². The Morgan fingerprint density at radius 2 is 1.88 bits per heavy atom. The number of terminal acetylenes is 1. The lowest BCUT2D eigenvalue weighted by molar-refractivity contribution is -0.0173. The van der Waals surface area contributed by atoms with Crippen LogP contribution in [0.25, 0.3) is 0 Å². The maximum absolute atomic E-state index is 11.5. The van der Waals surface area contributed by atoms with Gasteiger partial charge < -0.3 is 9.47 Å². The highest BCUT2D eigenvalue weighted by atomic mass is 16.7. The Morgan fingerprint density at radius 1 is 1.29 bits per heavy atom. The fraction of sp³-hybridized carbons (Fsp3) is 0.357. The lowest BCUT2D eigenvalue weighted by atomic mass is 10.1. The Balaban J connectivity index is 2.67. The average Bonchev–Trinajstić information content (AvgIpc) is 2.24. The van der Waals surface area contributed by atoms with Crippen molar-refractivity contribution in [3.63, 3.8) is 0 Å². The minimum absolute atomic E-state index is 0.590. The maximum Gasteiger partial charge on any atom is 0.510 e. The summed E-state index contributed by atoms with van der Waals surface area (Å²) in [7, 11) is 0. The molecule has 17 heavy (non-hydrogen) atoms. The minimum atomic E-state index is -0.760. The number of ether oxygens (including phenoxy) is 2. The van der Waals surface area contributed by atoms with E-state index in [1.165, 1.54) is 0 Å². The Kier molecular flexibility index (Phi) is 4.17. The zero-order chi connectivity index (χ0) is 12.9. The van der Waals surface area contributed by atoms with Gasteiger partial charge in [-0.05, 0) is 20.8 Å². The van der Waals surface area contributed by atoms with Crippen LogP contribution in [-0.4, -0.2) is 11.8 Å². The topological polar surface area (TPSA) is 35.5 Å². The fourth-order valence-electron chi connectivity index (χ4n) is 1.20. The predicted molar refractivity (Wildman–Crippen MR) is 65.3 cm³/mol. The number of carbonyl (C=O) groups is 1. The molecule has 3 nitrogen and oxygen atoms in total. The predicted octanol–water partition coefficient (Wildman–Crippen LogP) is 3.31. The first-order chi connectivity index (χ1) is 7.92. The molecule has 0 spiro atoms. The van der Waals surface area contributed by atoms with Crippen molar-refractivity contribution in [2.45, 2.75) is 32.5 Å². The van der Waals surface area contributed by atoms with E-state index in [4.69, 9.17) is 15.9 Å². The summed E-state index contributed by atoms with van der Waals surface area (Å²) in [5.41, 5.74) is 0.160. The molecule has 0 heterocycles. The number of hydrogen-bond acceptors (Lipinski definition) is 3. The van der Waals surface area contributed by atoms with Gasteiger partial charge in [-0.3, -0.25) is 0 Å². The van der Waals surface area contributed by atoms with Gasteiger partial charge in [0.05, 0.1) is 0 Å². The van der Waals surface area contributed by atoms with Crippen LogP contribution < -0.4 is 0 Å². The molecule has 0 aromatic heterocycles. The Labute approximate surface area is 102 Å². The molecular formula is C14H16O3. The van der Waals surface area contributed by atoms with Gasteiger partial charge in [-0.1, -0.05) is 36.3 Å². The zero-order valence-electron chi connectivity index (χ0n) is 10.3. The second kappa shape index (κ2) is 5.40. The molecule has 0 saturated carbocycles. The van der Waals surface area contributed by atoms with E-state index in [1.807, 2.05) is 18.2 Å². The largest absolute Gasteiger partial charge is 0.510 e. The van der Waals surface area contributed by atoms with Crippen LogP contribution in [0.15, 0.2) is 30.3 Å². The molecule has 0 unspecified atom stereocenters. The number of rotatable bonds is 2. The summed E-state index contributed by atoms with van der Waals surface area (Å²) in [6.07, 6.45) is 3.86. The van der Waals surface area contributed by atoms with Gasteiger partial charge >= 0.3 is 6.16 Å². The molecule has 1 atom stereocenters. The zero-order valence-corrected chi connectivity index (χ0v) is 10.3. The van der Waals surface area contributed by atoms with Gasteiger partial charge in [0.15, 0.2) is 6.10 Å². The second-order valence-corrected chi connectivity index (χ2v) is 4.54. The number of hydrogen-bond donors (Lipinski definition) is 0. The van der Waals surface area contributed by atoms with Gasteiger partial charge in [0.1, 0.15) is 5.60 Å². The molecule has 0 amide bonds. The van der Waals surface area contributed by atoms with Crippen LogP contribution in [0.1, 0.15) is 32.4 Å². The van der Waals surface area contributed by atoms with Gasteiger partial charge in [-0.15, -0.1) is 6.42 Å². The molecule has 1 aromatic carbocycles. The molecule has 90 valence electrons. The molecule has 0 saturated heterocycles. The van der Waals surface area contributed by atoms with Crippen LogP contribution in [0.4, 0.5) is 4.79 Å². The first-order valence-corrected chi connectivity index (χ1v) is 5.33.